The van der Waals surface area contributed by atoms with Crippen LogP contribution in [0.5, 0.6) is 0 Å². The van der Waals surface area contributed by atoms with E-state index in [0.29, 0.717) is 23.1 Å². The number of ketones is 1. The number of rotatable bonds is 7. The van der Waals surface area contributed by atoms with E-state index in [2.05, 4.69) is 22.5 Å². The molecule has 1 N–H and O–H groups in total. The third-order valence-electron chi connectivity index (χ3n) is 7.90. The summed E-state index contributed by atoms with van der Waals surface area (Å²) >= 11 is 0. The number of nitrogens with one attached hydrogen (secondary N) is 1. The molecule has 0 atom stereocenters. The second-order valence-corrected chi connectivity index (χ2v) is 10.4. The van der Waals surface area contributed by atoms with E-state index in [-0.39, 0.29) is 33.5 Å². The molecule has 0 radical (unpaired) electrons. The highest BCUT2D eigenvalue weighted by molar-refractivity contribution is 6.07. The SMILES string of the molecule is CNC(=O)c1c(-c2ccc(F)cc2)nn2ccc(-c3cc(C(=O)CC4(c5ccccc5)CC4)ccc3C)c(F)c12. The lowest BCUT2D eigenvalue weighted by Crippen LogP contribution is -2.18. The molecule has 7 heteroatoms. The number of nitrogens with zero attached hydrogens (tertiary/aromatic N) is 2. The third-order valence-corrected chi connectivity index (χ3v) is 7.90. The summed E-state index contributed by atoms with van der Waals surface area (Å²) in [5.74, 6) is -1.55. The van der Waals surface area contributed by atoms with Crippen LogP contribution in [0.15, 0.2) is 85.1 Å². The van der Waals surface area contributed by atoms with Crippen LogP contribution in [0.3, 0.4) is 0 Å². The second-order valence-electron chi connectivity index (χ2n) is 10.4. The first-order valence-corrected chi connectivity index (χ1v) is 13.2. The van der Waals surface area contributed by atoms with E-state index < -0.39 is 17.5 Å². The first-order valence-electron chi connectivity index (χ1n) is 13.2. The minimum Gasteiger partial charge on any atom is -0.355 e. The van der Waals surface area contributed by atoms with Gasteiger partial charge in [0.15, 0.2) is 11.6 Å². The quantitative estimate of drug-likeness (QED) is 0.230. The van der Waals surface area contributed by atoms with Gasteiger partial charge in [-0.15, -0.1) is 0 Å². The molecule has 0 saturated heterocycles. The molecule has 40 heavy (non-hydrogen) atoms. The second kappa shape index (κ2) is 9.83. The van der Waals surface area contributed by atoms with Gasteiger partial charge in [0.05, 0.1) is 5.56 Å². The number of Topliss-reactive ketones (excluding diaryl/α,β-unsaturated/α-hetero) is 1. The summed E-state index contributed by atoms with van der Waals surface area (Å²) in [6.45, 7) is 1.86. The third kappa shape index (κ3) is 4.37. The Morgan fingerprint density at radius 1 is 0.950 bits per heavy atom. The fourth-order valence-corrected chi connectivity index (χ4v) is 5.46. The van der Waals surface area contributed by atoms with Crippen LogP contribution in [0.1, 0.15) is 51.1 Å². The van der Waals surface area contributed by atoms with Crippen LogP contribution < -0.4 is 5.32 Å². The Hall–Kier alpha value is -4.65. The largest absolute Gasteiger partial charge is 0.355 e. The minimum atomic E-state index is -0.627. The number of fused-ring (bicyclic) bond motifs is 1. The maximum absolute atomic E-state index is 16.3. The van der Waals surface area contributed by atoms with Gasteiger partial charge in [-0.05, 0) is 72.9 Å². The van der Waals surface area contributed by atoms with Gasteiger partial charge >= 0.3 is 0 Å². The molecule has 1 fully saturated rings. The highest BCUT2D eigenvalue weighted by Gasteiger charge is 2.45. The zero-order chi connectivity index (χ0) is 28.0. The van der Waals surface area contributed by atoms with Crippen LogP contribution >= 0.6 is 0 Å². The van der Waals surface area contributed by atoms with Gasteiger partial charge in [-0.25, -0.2) is 13.3 Å². The Balaban J connectivity index is 1.43. The number of aryl methyl sites for hydroxylation is 1. The van der Waals surface area contributed by atoms with Crippen molar-refractivity contribution in [2.24, 2.45) is 0 Å². The average molecular weight is 536 g/mol. The topological polar surface area (TPSA) is 63.5 Å². The number of halogens is 2. The Morgan fingerprint density at radius 3 is 2.35 bits per heavy atom. The van der Waals surface area contributed by atoms with Crippen molar-refractivity contribution in [2.75, 3.05) is 7.05 Å². The maximum atomic E-state index is 16.3. The van der Waals surface area contributed by atoms with Crippen molar-refractivity contribution in [3.8, 4) is 22.4 Å². The Bertz CT molecular complexity index is 1770. The molecule has 3 aromatic carbocycles. The van der Waals surface area contributed by atoms with E-state index >= 15 is 4.39 Å². The maximum Gasteiger partial charge on any atom is 0.255 e. The number of benzene rings is 3. The number of carbonyl (C=O) groups excluding carboxylic acids is 2. The highest BCUT2D eigenvalue weighted by atomic mass is 19.1. The van der Waals surface area contributed by atoms with Gasteiger partial charge in [0.2, 0.25) is 0 Å². The van der Waals surface area contributed by atoms with E-state index in [1.54, 1.807) is 24.4 Å². The van der Waals surface area contributed by atoms with Crippen molar-refractivity contribution >= 4 is 17.2 Å². The Morgan fingerprint density at radius 2 is 1.68 bits per heavy atom. The van der Waals surface area contributed by atoms with Crippen LogP contribution in [0.4, 0.5) is 8.78 Å². The van der Waals surface area contributed by atoms with E-state index in [0.717, 1.165) is 18.4 Å². The fourth-order valence-electron chi connectivity index (χ4n) is 5.46. The smallest absolute Gasteiger partial charge is 0.255 e. The molecular weight excluding hydrogens is 508 g/mol. The minimum absolute atomic E-state index is 0.00770. The molecule has 6 rings (SSSR count). The van der Waals surface area contributed by atoms with E-state index in [9.17, 15) is 14.0 Å². The predicted molar refractivity (Wildman–Crippen MR) is 150 cm³/mol. The van der Waals surface area contributed by atoms with Crippen LogP contribution in [0.25, 0.3) is 27.9 Å². The Kier molecular flexibility index (Phi) is 6.29. The van der Waals surface area contributed by atoms with Gasteiger partial charge in [-0.1, -0.05) is 42.5 Å². The van der Waals surface area contributed by atoms with Crippen molar-refractivity contribution in [2.45, 2.75) is 31.6 Å². The molecule has 0 aliphatic heterocycles. The van der Waals surface area contributed by atoms with E-state index in [1.807, 2.05) is 31.2 Å². The lowest BCUT2D eigenvalue weighted by atomic mass is 9.87. The standard InChI is InChI=1S/C33H27F2N3O2/c1-20-8-9-22(27(39)19-33(15-16-33)23-6-4-3-5-7-23)18-26(20)25-14-17-38-31(29(25)35)28(32(40)36-2)30(37-38)21-10-12-24(34)13-11-21/h3-14,17-18H,15-16,19H2,1-2H3,(H,36,40). The number of carbonyl (C=O) groups is 2. The van der Waals surface area contributed by atoms with Crippen molar-refractivity contribution in [3.05, 3.63) is 119 Å². The predicted octanol–water partition coefficient (Wildman–Crippen LogP) is 6.92. The van der Waals surface area contributed by atoms with Gasteiger partial charge in [0.25, 0.3) is 5.91 Å². The molecule has 2 aromatic heterocycles. The van der Waals surface area contributed by atoms with Gasteiger partial charge < -0.3 is 5.32 Å². The number of hydrogen-bond donors (Lipinski definition) is 1. The molecular formula is C33H27F2N3O2. The van der Waals surface area contributed by atoms with Crippen LogP contribution in [0, 0.1) is 18.6 Å². The average Bonchev–Trinajstić information content (AvgIpc) is 3.65. The van der Waals surface area contributed by atoms with Gasteiger partial charge in [-0.2, -0.15) is 5.10 Å². The molecule has 5 aromatic rings. The summed E-state index contributed by atoms with van der Waals surface area (Å²) in [4.78, 5) is 26.4. The Labute approximate surface area is 230 Å². The fraction of sp³-hybridized carbons (Fsp3) is 0.182. The van der Waals surface area contributed by atoms with Crippen molar-refractivity contribution < 1.29 is 18.4 Å². The molecule has 0 bridgehead atoms. The first kappa shape index (κ1) is 25.6. The van der Waals surface area contributed by atoms with Gasteiger partial charge in [-0.3, -0.25) is 9.59 Å². The van der Waals surface area contributed by atoms with E-state index in [1.165, 1.54) is 41.4 Å². The summed E-state index contributed by atoms with van der Waals surface area (Å²) < 4.78 is 31.2. The number of amides is 1. The molecule has 1 aliphatic rings. The van der Waals surface area contributed by atoms with E-state index in [4.69, 9.17) is 0 Å². The van der Waals surface area contributed by atoms with Crippen LogP contribution in [0.2, 0.25) is 0 Å². The lowest BCUT2D eigenvalue weighted by molar-refractivity contribution is 0.0959. The molecule has 2 heterocycles. The molecule has 1 aliphatic carbocycles. The molecule has 200 valence electrons. The number of hydrogen-bond acceptors (Lipinski definition) is 3. The van der Waals surface area contributed by atoms with Gasteiger partial charge in [0, 0.05) is 41.8 Å². The highest BCUT2D eigenvalue weighted by Crippen LogP contribution is 2.51. The van der Waals surface area contributed by atoms with Gasteiger partial charge in [0.1, 0.15) is 17.0 Å². The monoisotopic (exact) mass is 535 g/mol. The first-order chi connectivity index (χ1) is 19.3. The lowest BCUT2D eigenvalue weighted by Gasteiger charge is -2.16. The summed E-state index contributed by atoms with van der Waals surface area (Å²) in [6, 6.07) is 22.6. The van der Waals surface area contributed by atoms with Crippen molar-refractivity contribution in [1.29, 1.82) is 0 Å². The number of aromatic nitrogens is 2. The molecule has 0 spiro atoms. The molecule has 5 nitrogen and oxygen atoms in total. The summed E-state index contributed by atoms with van der Waals surface area (Å²) in [6.07, 6.45) is 3.92. The van der Waals surface area contributed by atoms with Crippen molar-refractivity contribution in [1.82, 2.24) is 14.9 Å². The zero-order valence-electron chi connectivity index (χ0n) is 22.2. The summed E-state index contributed by atoms with van der Waals surface area (Å²) in [5, 5.41) is 7.03. The summed E-state index contributed by atoms with van der Waals surface area (Å²) in [7, 11) is 1.46. The summed E-state index contributed by atoms with van der Waals surface area (Å²) in [5.41, 5.74) is 3.98. The van der Waals surface area contributed by atoms with Crippen LogP contribution in [-0.2, 0) is 5.41 Å². The molecule has 1 saturated carbocycles. The number of pyridine rings is 1. The van der Waals surface area contributed by atoms with Crippen molar-refractivity contribution in [3.63, 3.8) is 0 Å². The van der Waals surface area contributed by atoms with Crippen LogP contribution in [-0.4, -0.2) is 28.4 Å². The normalized spacial score (nSPS) is 13.8. The molecule has 1 amide bonds. The zero-order valence-corrected chi connectivity index (χ0v) is 22.2. The molecule has 0 unspecified atom stereocenters.